The fraction of sp³-hybridized carbons (Fsp3) is 0.667. The molecule has 0 aliphatic carbocycles. The fourth-order valence-electron chi connectivity index (χ4n) is 1.98. The lowest BCUT2D eigenvalue weighted by Gasteiger charge is -2.10. The van der Waals surface area contributed by atoms with E-state index >= 15 is 0 Å². The van der Waals surface area contributed by atoms with Crippen LogP contribution in [0.3, 0.4) is 0 Å². The molecule has 1 atom stereocenters. The summed E-state index contributed by atoms with van der Waals surface area (Å²) in [5.74, 6) is 0.547. The third-order valence-corrected chi connectivity index (χ3v) is 4.35. The fourth-order valence-corrected chi connectivity index (χ4v) is 3.68. The Hall–Kier alpha value is -0.840. The molecule has 0 aromatic carbocycles. The summed E-state index contributed by atoms with van der Waals surface area (Å²) < 4.78 is 24.4. The molecule has 0 amide bonds. The zero-order valence-electron chi connectivity index (χ0n) is 8.40. The summed E-state index contributed by atoms with van der Waals surface area (Å²) in [4.78, 5) is 0. The van der Waals surface area contributed by atoms with Gasteiger partial charge in [-0.05, 0) is 26.3 Å². The SMILES string of the molecule is Cc1cc(C)n([C@@H]2CCS(=O)(=O)C2)n1. The zero-order valence-corrected chi connectivity index (χ0v) is 9.21. The maximum absolute atomic E-state index is 11.3. The first kappa shape index (κ1) is 9.71. The van der Waals surface area contributed by atoms with Crippen LogP contribution in [0.4, 0.5) is 0 Å². The van der Waals surface area contributed by atoms with Crippen molar-refractivity contribution in [3.05, 3.63) is 17.5 Å². The van der Waals surface area contributed by atoms with Crippen LogP contribution in [0.5, 0.6) is 0 Å². The predicted octanol–water partition coefficient (Wildman–Crippen LogP) is 0.860. The number of aromatic nitrogens is 2. The minimum absolute atomic E-state index is 0.0497. The van der Waals surface area contributed by atoms with Gasteiger partial charge in [-0.25, -0.2) is 8.42 Å². The van der Waals surface area contributed by atoms with Crippen LogP contribution in [-0.4, -0.2) is 29.7 Å². The van der Waals surface area contributed by atoms with Crippen molar-refractivity contribution < 1.29 is 8.42 Å². The third-order valence-electron chi connectivity index (χ3n) is 2.60. The number of aryl methyl sites for hydroxylation is 2. The molecule has 1 fully saturated rings. The number of nitrogens with zero attached hydrogens (tertiary/aromatic N) is 2. The molecule has 4 nitrogen and oxygen atoms in total. The molecule has 1 aliphatic heterocycles. The zero-order chi connectivity index (χ0) is 10.3. The van der Waals surface area contributed by atoms with Crippen LogP contribution in [0, 0.1) is 13.8 Å². The smallest absolute Gasteiger partial charge is 0.152 e. The van der Waals surface area contributed by atoms with Crippen LogP contribution in [0.15, 0.2) is 6.07 Å². The Kier molecular flexibility index (Phi) is 2.14. The number of sulfone groups is 1. The van der Waals surface area contributed by atoms with Gasteiger partial charge in [0.2, 0.25) is 0 Å². The van der Waals surface area contributed by atoms with Crippen molar-refractivity contribution in [2.24, 2.45) is 0 Å². The lowest BCUT2D eigenvalue weighted by Crippen LogP contribution is -2.13. The van der Waals surface area contributed by atoms with Gasteiger partial charge in [-0.15, -0.1) is 0 Å². The quantitative estimate of drug-likeness (QED) is 0.696. The van der Waals surface area contributed by atoms with Gasteiger partial charge >= 0.3 is 0 Å². The molecule has 1 aromatic rings. The Balaban J connectivity index is 2.30. The molecule has 0 unspecified atom stereocenters. The molecule has 0 radical (unpaired) electrons. The first-order valence-corrected chi connectivity index (χ1v) is 6.53. The largest absolute Gasteiger partial charge is 0.266 e. The number of rotatable bonds is 1. The van der Waals surface area contributed by atoms with Crippen LogP contribution >= 0.6 is 0 Å². The second kappa shape index (κ2) is 3.08. The molecule has 1 saturated heterocycles. The lowest BCUT2D eigenvalue weighted by atomic mass is 10.2. The van der Waals surface area contributed by atoms with Crippen LogP contribution < -0.4 is 0 Å². The summed E-state index contributed by atoms with van der Waals surface area (Å²) in [6, 6.07) is 2.03. The minimum Gasteiger partial charge on any atom is -0.266 e. The molecule has 0 N–H and O–H groups in total. The molecule has 1 aliphatic rings. The van der Waals surface area contributed by atoms with Gasteiger partial charge in [-0.1, -0.05) is 0 Å². The van der Waals surface area contributed by atoms with E-state index in [1.807, 2.05) is 24.6 Å². The molecule has 5 heteroatoms. The molecule has 2 heterocycles. The summed E-state index contributed by atoms with van der Waals surface area (Å²) in [7, 11) is -2.81. The summed E-state index contributed by atoms with van der Waals surface area (Å²) in [6.45, 7) is 3.89. The van der Waals surface area contributed by atoms with Crippen LogP contribution in [-0.2, 0) is 9.84 Å². The summed E-state index contributed by atoms with van der Waals surface area (Å²) in [5.41, 5.74) is 2.00. The average Bonchev–Trinajstić information content (AvgIpc) is 2.55. The van der Waals surface area contributed by atoms with E-state index in [4.69, 9.17) is 0 Å². The van der Waals surface area contributed by atoms with Crippen molar-refractivity contribution in [1.29, 1.82) is 0 Å². The number of hydrogen-bond acceptors (Lipinski definition) is 3. The maximum atomic E-state index is 11.3. The van der Waals surface area contributed by atoms with Gasteiger partial charge in [0.1, 0.15) is 0 Å². The van der Waals surface area contributed by atoms with Crippen LogP contribution in [0.2, 0.25) is 0 Å². The third kappa shape index (κ3) is 1.68. The highest BCUT2D eigenvalue weighted by atomic mass is 32.2. The van der Waals surface area contributed by atoms with E-state index in [-0.39, 0.29) is 11.8 Å². The summed E-state index contributed by atoms with van der Waals surface area (Å²) >= 11 is 0. The molecule has 14 heavy (non-hydrogen) atoms. The van der Waals surface area contributed by atoms with Gasteiger partial charge in [-0.2, -0.15) is 5.10 Å². The van der Waals surface area contributed by atoms with Crippen molar-refractivity contribution >= 4 is 9.84 Å². The van der Waals surface area contributed by atoms with Gasteiger partial charge in [0, 0.05) is 5.69 Å². The van der Waals surface area contributed by atoms with E-state index < -0.39 is 9.84 Å². The minimum atomic E-state index is -2.81. The molecular weight excluding hydrogens is 200 g/mol. The number of hydrogen-bond donors (Lipinski definition) is 0. The molecule has 2 rings (SSSR count). The maximum Gasteiger partial charge on any atom is 0.152 e. The summed E-state index contributed by atoms with van der Waals surface area (Å²) in [5, 5.41) is 4.31. The van der Waals surface area contributed by atoms with Crippen LogP contribution in [0.1, 0.15) is 23.9 Å². The highest BCUT2D eigenvalue weighted by Crippen LogP contribution is 2.24. The van der Waals surface area contributed by atoms with Gasteiger partial charge in [0.15, 0.2) is 9.84 Å². The molecule has 0 spiro atoms. The standard InChI is InChI=1S/C9H14N2O2S/c1-7-5-8(2)11(10-7)9-3-4-14(12,13)6-9/h5,9H,3-4,6H2,1-2H3/t9-/m1/s1. The van der Waals surface area contributed by atoms with E-state index in [0.717, 1.165) is 11.4 Å². The Morgan fingerprint density at radius 2 is 2.21 bits per heavy atom. The highest BCUT2D eigenvalue weighted by Gasteiger charge is 2.30. The van der Waals surface area contributed by atoms with E-state index in [2.05, 4.69) is 5.10 Å². The Morgan fingerprint density at radius 3 is 2.64 bits per heavy atom. The van der Waals surface area contributed by atoms with Gasteiger partial charge in [-0.3, -0.25) is 4.68 Å². The van der Waals surface area contributed by atoms with Crippen molar-refractivity contribution in [2.75, 3.05) is 11.5 Å². The second-order valence-corrected chi connectivity index (χ2v) is 6.16. The molecule has 0 bridgehead atoms. The molecule has 78 valence electrons. The van der Waals surface area contributed by atoms with Crippen molar-refractivity contribution in [3.63, 3.8) is 0 Å². The highest BCUT2D eigenvalue weighted by molar-refractivity contribution is 7.91. The lowest BCUT2D eigenvalue weighted by molar-refractivity contribution is 0.486. The second-order valence-electron chi connectivity index (χ2n) is 3.93. The van der Waals surface area contributed by atoms with Crippen molar-refractivity contribution in [1.82, 2.24) is 9.78 Å². The molecule has 0 saturated carbocycles. The van der Waals surface area contributed by atoms with Crippen molar-refractivity contribution in [2.45, 2.75) is 26.3 Å². The van der Waals surface area contributed by atoms with Gasteiger partial charge in [0.25, 0.3) is 0 Å². The van der Waals surface area contributed by atoms with E-state index in [1.165, 1.54) is 0 Å². The first-order chi connectivity index (χ1) is 6.48. The topological polar surface area (TPSA) is 52.0 Å². The predicted molar refractivity (Wildman–Crippen MR) is 54.0 cm³/mol. The first-order valence-electron chi connectivity index (χ1n) is 4.71. The average molecular weight is 214 g/mol. The van der Waals surface area contributed by atoms with E-state index in [9.17, 15) is 8.42 Å². The monoisotopic (exact) mass is 214 g/mol. The summed E-state index contributed by atoms with van der Waals surface area (Å²) in [6.07, 6.45) is 0.699. The Labute approximate surface area is 83.8 Å². The Bertz CT molecular complexity index is 447. The van der Waals surface area contributed by atoms with Gasteiger partial charge in [0.05, 0.1) is 23.2 Å². The van der Waals surface area contributed by atoms with E-state index in [1.54, 1.807) is 0 Å². The Morgan fingerprint density at radius 1 is 1.50 bits per heavy atom. The van der Waals surface area contributed by atoms with Crippen LogP contribution in [0.25, 0.3) is 0 Å². The molecule has 1 aromatic heterocycles. The van der Waals surface area contributed by atoms with Gasteiger partial charge < -0.3 is 0 Å². The van der Waals surface area contributed by atoms with E-state index in [0.29, 0.717) is 12.2 Å². The normalized spacial score (nSPS) is 25.4. The molecular formula is C9H14N2O2S. The van der Waals surface area contributed by atoms with Crippen molar-refractivity contribution in [3.8, 4) is 0 Å².